The van der Waals surface area contributed by atoms with Gasteiger partial charge in [-0.15, -0.1) is 0 Å². The first-order valence-corrected chi connectivity index (χ1v) is 6.05. The van der Waals surface area contributed by atoms with Crippen molar-refractivity contribution in [2.75, 3.05) is 6.61 Å². The van der Waals surface area contributed by atoms with E-state index in [9.17, 15) is 4.79 Å². The Morgan fingerprint density at radius 3 is 2.50 bits per heavy atom. The fourth-order valence-corrected chi connectivity index (χ4v) is 1.98. The van der Waals surface area contributed by atoms with Gasteiger partial charge in [0.1, 0.15) is 5.75 Å². The molecule has 16 heavy (non-hydrogen) atoms. The van der Waals surface area contributed by atoms with Crippen molar-refractivity contribution >= 4 is 5.78 Å². The number of ether oxygens (including phenoxy) is 1. The molecule has 0 aromatic heterocycles. The van der Waals surface area contributed by atoms with E-state index in [4.69, 9.17) is 4.74 Å². The fraction of sp³-hybridized carbons (Fsp3) is 0.500. The van der Waals surface area contributed by atoms with Gasteiger partial charge in [-0.3, -0.25) is 4.79 Å². The molecule has 1 aromatic carbocycles. The highest BCUT2D eigenvalue weighted by molar-refractivity contribution is 5.96. The van der Waals surface area contributed by atoms with Gasteiger partial charge in [0.05, 0.1) is 6.61 Å². The lowest BCUT2D eigenvalue weighted by Gasteiger charge is -2.24. The molecule has 0 atom stereocenters. The van der Waals surface area contributed by atoms with E-state index in [1.165, 1.54) is 19.3 Å². The number of hydrogen-bond donors (Lipinski definition) is 0. The summed E-state index contributed by atoms with van der Waals surface area (Å²) in [5, 5.41) is 0. The molecule has 2 nitrogen and oxygen atoms in total. The second kappa shape index (κ2) is 5.15. The van der Waals surface area contributed by atoms with Crippen molar-refractivity contribution in [3.8, 4) is 5.75 Å². The Labute approximate surface area is 96.6 Å². The molecule has 0 unspecified atom stereocenters. The first kappa shape index (κ1) is 11.2. The van der Waals surface area contributed by atoms with Gasteiger partial charge < -0.3 is 4.74 Å². The Morgan fingerprint density at radius 2 is 2.00 bits per heavy atom. The molecule has 86 valence electrons. The predicted molar refractivity (Wildman–Crippen MR) is 63.9 cm³/mol. The third-order valence-electron chi connectivity index (χ3n) is 3.19. The Kier molecular flexibility index (Phi) is 3.60. The van der Waals surface area contributed by atoms with Crippen LogP contribution in [0.5, 0.6) is 5.75 Å². The average Bonchev–Trinajstić information content (AvgIpc) is 2.25. The standard InChI is InChI=1S/C14H18O2/c1-2-16-13-8-6-12(7-9-13)14(15)10-11-4-3-5-11/h6-9,11H,2-5,10H2,1H3. The van der Waals surface area contributed by atoms with Crippen LogP contribution in [0.4, 0.5) is 0 Å². The molecule has 2 rings (SSSR count). The van der Waals surface area contributed by atoms with Crippen LogP contribution in [0.3, 0.4) is 0 Å². The summed E-state index contributed by atoms with van der Waals surface area (Å²) < 4.78 is 5.34. The zero-order valence-electron chi connectivity index (χ0n) is 9.74. The third kappa shape index (κ3) is 2.63. The number of Topliss-reactive ketones (excluding diaryl/α,β-unsaturated/α-hetero) is 1. The van der Waals surface area contributed by atoms with Gasteiger partial charge in [0.25, 0.3) is 0 Å². The highest BCUT2D eigenvalue weighted by Gasteiger charge is 2.21. The summed E-state index contributed by atoms with van der Waals surface area (Å²) in [6.07, 6.45) is 4.46. The Morgan fingerprint density at radius 1 is 1.31 bits per heavy atom. The molecule has 0 radical (unpaired) electrons. The van der Waals surface area contributed by atoms with Crippen LogP contribution in [0.2, 0.25) is 0 Å². The lowest BCUT2D eigenvalue weighted by molar-refractivity contribution is 0.0936. The van der Waals surface area contributed by atoms with Crippen LogP contribution in [0, 0.1) is 5.92 Å². The predicted octanol–water partition coefficient (Wildman–Crippen LogP) is 3.46. The zero-order valence-corrected chi connectivity index (χ0v) is 9.74. The van der Waals surface area contributed by atoms with Gasteiger partial charge in [0.2, 0.25) is 0 Å². The largest absolute Gasteiger partial charge is 0.494 e. The Bertz CT molecular complexity index is 350. The van der Waals surface area contributed by atoms with Crippen molar-refractivity contribution in [2.24, 2.45) is 5.92 Å². The van der Waals surface area contributed by atoms with E-state index in [0.717, 1.165) is 11.3 Å². The smallest absolute Gasteiger partial charge is 0.163 e. The molecule has 1 aliphatic rings. The zero-order chi connectivity index (χ0) is 11.4. The van der Waals surface area contributed by atoms with Crippen LogP contribution in [-0.2, 0) is 0 Å². The minimum absolute atomic E-state index is 0.271. The Hall–Kier alpha value is -1.31. The van der Waals surface area contributed by atoms with E-state index in [1.54, 1.807) is 0 Å². The van der Waals surface area contributed by atoms with Crippen molar-refractivity contribution in [2.45, 2.75) is 32.6 Å². The molecule has 1 aromatic rings. The van der Waals surface area contributed by atoms with Crippen LogP contribution in [0.1, 0.15) is 43.0 Å². The molecule has 1 aliphatic carbocycles. The van der Waals surface area contributed by atoms with Crippen LogP contribution >= 0.6 is 0 Å². The van der Waals surface area contributed by atoms with E-state index in [1.807, 2.05) is 31.2 Å². The number of ketones is 1. The summed E-state index contributed by atoms with van der Waals surface area (Å²) in [4.78, 5) is 11.9. The maximum absolute atomic E-state index is 11.9. The van der Waals surface area contributed by atoms with E-state index in [0.29, 0.717) is 18.9 Å². The van der Waals surface area contributed by atoms with Crippen molar-refractivity contribution < 1.29 is 9.53 Å². The summed E-state index contributed by atoms with van der Waals surface area (Å²) in [7, 11) is 0. The van der Waals surface area contributed by atoms with E-state index < -0.39 is 0 Å². The number of rotatable bonds is 5. The molecule has 0 bridgehead atoms. The van der Waals surface area contributed by atoms with Crippen molar-refractivity contribution in [1.82, 2.24) is 0 Å². The summed E-state index contributed by atoms with van der Waals surface area (Å²) in [6, 6.07) is 7.48. The third-order valence-corrected chi connectivity index (χ3v) is 3.19. The molecule has 2 heteroatoms. The van der Waals surface area contributed by atoms with Crippen molar-refractivity contribution in [3.05, 3.63) is 29.8 Å². The molecule has 0 N–H and O–H groups in total. The topological polar surface area (TPSA) is 26.3 Å². The first-order valence-electron chi connectivity index (χ1n) is 6.05. The second-order valence-corrected chi connectivity index (χ2v) is 4.38. The second-order valence-electron chi connectivity index (χ2n) is 4.38. The van der Waals surface area contributed by atoms with Gasteiger partial charge in [-0.05, 0) is 37.1 Å². The molecule has 0 aliphatic heterocycles. The maximum Gasteiger partial charge on any atom is 0.163 e. The maximum atomic E-state index is 11.9. The normalized spacial score (nSPS) is 15.6. The SMILES string of the molecule is CCOc1ccc(C(=O)CC2CCC2)cc1. The molecular weight excluding hydrogens is 200 g/mol. The fourth-order valence-electron chi connectivity index (χ4n) is 1.98. The molecule has 0 heterocycles. The number of benzene rings is 1. The van der Waals surface area contributed by atoms with Gasteiger partial charge in [-0.1, -0.05) is 19.3 Å². The summed E-state index contributed by atoms with van der Waals surface area (Å²) in [6.45, 7) is 2.62. The van der Waals surface area contributed by atoms with Crippen LogP contribution < -0.4 is 4.74 Å². The molecule has 0 saturated heterocycles. The lowest BCUT2D eigenvalue weighted by Crippen LogP contribution is -2.15. The van der Waals surface area contributed by atoms with Crippen LogP contribution in [-0.4, -0.2) is 12.4 Å². The van der Waals surface area contributed by atoms with Crippen molar-refractivity contribution in [1.29, 1.82) is 0 Å². The molecule has 0 spiro atoms. The monoisotopic (exact) mass is 218 g/mol. The summed E-state index contributed by atoms with van der Waals surface area (Å²) in [5.74, 6) is 1.74. The van der Waals surface area contributed by atoms with Crippen molar-refractivity contribution in [3.63, 3.8) is 0 Å². The van der Waals surface area contributed by atoms with Gasteiger partial charge in [0, 0.05) is 12.0 Å². The van der Waals surface area contributed by atoms with E-state index in [2.05, 4.69) is 0 Å². The number of carbonyl (C=O) groups excluding carboxylic acids is 1. The van der Waals surface area contributed by atoms with Gasteiger partial charge in [-0.2, -0.15) is 0 Å². The highest BCUT2D eigenvalue weighted by atomic mass is 16.5. The van der Waals surface area contributed by atoms with Gasteiger partial charge in [0.15, 0.2) is 5.78 Å². The average molecular weight is 218 g/mol. The minimum Gasteiger partial charge on any atom is -0.494 e. The molecular formula is C14H18O2. The minimum atomic E-state index is 0.271. The van der Waals surface area contributed by atoms with Crippen LogP contribution in [0.15, 0.2) is 24.3 Å². The number of carbonyl (C=O) groups is 1. The van der Waals surface area contributed by atoms with E-state index >= 15 is 0 Å². The van der Waals surface area contributed by atoms with E-state index in [-0.39, 0.29) is 5.78 Å². The molecule has 1 saturated carbocycles. The van der Waals surface area contributed by atoms with Gasteiger partial charge >= 0.3 is 0 Å². The summed E-state index contributed by atoms with van der Waals surface area (Å²) >= 11 is 0. The quantitative estimate of drug-likeness (QED) is 0.707. The van der Waals surface area contributed by atoms with Crippen LogP contribution in [0.25, 0.3) is 0 Å². The Balaban J connectivity index is 1.94. The lowest BCUT2D eigenvalue weighted by atomic mass is 9.81. The molecule has 1 fully saturated rings. The van der Waals surface area contributed by atoms with Gasteiger partial charge in [-0.25, -0.2) is 0 Å². The molecule has 0 amide bonds. The summed E-state index contributed by atoms with van der Waals surface area (Å²) in [5.41, 5.74) is 0.815. The highest BCUT2D eigenvalue weighted by Crippen LogP contribution is 2.30. The number of hydrogen-bond acceptors (Lipinski definition) is 2. The first-order chi connectivity index (χ1) is 7.79.